The highest BCUT2D eigenvalue weighted by molar-refractivity contribution is 9.10. The fraction of sp³-hybridized carbons (Fsp3) is 0.292. The number of fused-ring (bicyclic) bond motifs is 1. The number of nitrogens with zero attached hydrogens (tertiary/aromatic N) is 1. The Morgan fingerprint density at radius 2 is 1.39 bits per heavy atom. The van der Waals surface area contributed by atoms with Gasteiger partial charge in [0.25, 0.3) is 11.8 Å². The third-order valence-corrected chi connectivity index (χ3v) is 7.65. The summed E-state index contributed by atoms with van der Waals surface area (Å²) in [6.07, 6.45) is 0.662. The molecule has 0 unspecified atom stereocenters. The Bertz CT molecular complexity index is 1180. The summed E-state index contributed by atoms with van der Waals surface area (Å²) in [5.74, 6) is -3.76. The first-order valence-electron chi connectivity index (χ1n) is 10.9. The normalized spacial score (nSPS) is 23.1. The lowest BCUT2D eigenvalue weighted by molar-refractivity contribution is -0.125. The first-order chi connectivity index (χ1) is 17.2. The van der Waals surface area contributed by atoms with Gasteiger partial charge in [-0.1, -0.05) is 15.9 Å². The summed E-state index contributed by atoms with van der Waals surface area (Å²) in [7, 11) is 0. The number of nitrogens with one attached hydrogen (secondary N) is 2. The molecule has 9 nitrogen and oxygen atoms in total. The highest BCUT2D eigenvalue weighted by Crippen LogP contribution is 2.43. The minimum Gasteiger partial charge on any atom is -0.452 e. The number of imide groups is 1. The van der Waals surface area contributed by atoms with Gasteiger partial charge in [0.1, 0.15) is 0 Å². The Labute approximate surface area is 224 Å². The molecule has 1 aliphatic carbocycles. The first kappa shape index (κ1) is 26.1. The van der Waals surface area contributed by atoms with Crippen LogP contribution in [0.3, 0.4) is 0 Å². The third kappa shape index (κ3) is 5.55. The average Bonchev–Trinajstić information content (AvgIpc) is 3.10. The molecule has 2 aromatic rings. The molecule has 4 rings (SSSR count). The maximum absolute atomic E-state index is 12.8. The lowest BCUT2D eigenvalue weighted by atomic mass is 9.80. The lowest BCUT2D eigenvalue weighted by Crippen LogP contribution is -2.43. The summed E-state index contributed by atoms with van der Waals surface area (Å²) in [5.41, 5.74) is 5.15. The number of hydrogen-bond donors (Lipinski definition) is 2. The van der Waals surface area contributed by atoms with Crippen molar-refractivity contribution in [2.75, 3.05) is 11.5 Å². The largest absolute Gasteiger partial charge is 0.452 e. The second-order valence-corrected chi connectivity index (χ2v) is 10.4. The van der Waals surface area contributed by atoms with Crippen LogP contribution in [0.15, 0.2) is 53.0 Å². The van der Waals surface area contributed by atoms with Gasteiger partial charge in [-0.3, -0.25) is 34.9 Å². The Kier molecular flexibility index (Phi) is 7.97. The number of esters is 1. The Hall–Kier alpha value is -2.95. The van der Waals surface area contributed by atoms with Crippen molar-refractivity contribution < 1.29 is 28.7 Å². The van der Waals surface area contributed by atoms with E-state index in [4.69, 9.17) is 27.9 Å². The van der Waals surface area contributed by atoms with E-state index in [1.54, 1.807) is 24.3 Å². The summed E-state index contributed by atoms with van der Waals surface area (Å²) in [6, 6.07) is 12.2. The van der Waals surface area contributed by atoms with Gasteiger partial charge in [0.2, 0.25) is 11.8 Å². The molecule has 2 fully saturated rings. The van der Waals surface area contributed by atoms with Crippen LogP contribution >= 0.6 is 39.1 Å². The Morgan fingerprint density at radius 3 is 1.94 bits per heavy atom. The van der Waals surface area contributed by atoms with Crippen molar-refractivity contribution in [3.05, 3.63) is 64.1 Å². The number of carbonyl (C=O) groups is 5. The van der Waals surface area contributed by atoms with Crippen molar-refractivity contribution in [1.29, 1.82) is 0 Å². The highest BCUT2D eigenvalue weighted by atomic mass is 79.9. The minimum atomic E-state index is -0.793. The Morgan fingerprint density at radius 1 is 0.861 bits per heavy atom. The molecule has 0 aromatic heterocycles. The zero-order chi connectivity index (χ0) is 26.0. The molecule has 2 aromatic carbocycles. The molecule has 0 radical (unpaired) electrons. The predicted octanol–water partition coefficient (Wildman–Crippen LogP) is 3.18. The Balaban J connectivity index is 1.29. The number of rotatable bonds is 5. The van der Waals surface area contributed by atoms with Gasteiger partial charge >= 0.3 is 5.97 Å². The first-order valence-corrected chi connectivity index (χ1v) is 12.6. The number of anilines is 1. The number of amides is 4. The molecular weight excluding hydrogens is 577 g/mol. The molecule has 4 atom stereocenters. The van der Waals surface area contributed by atoms with E-state index in [0.717, 1.165) is 9.37 Å². The quantitative estimate of drug-likeness (QED) is 0.237. The number of halogens is 3. The van der Waals surface area contributed by atoms with E-state index in [0.29, 0.717) is 24.1 Å². The predicted molar refractivity (Wildman–Crippen MR) is 134 cm³/mol. The van der Waals surface area contributed by atoms with E-state index in [2.05, 4.69) is 26.8 Å². The number of alkyl halides is 2. The third-order valence-electron chi connectivity index (χ3n) is 6.03. The summed E-state index contributed by atoms with van der Waals surface area (Å²) >= 11 is 15.7. The lowest BCUT2D eigenvalue weighted by Gasteiger charge is -2.28. The molecular formula is C24H20BrCl2N3O6. The van der Waals surface area contributed by atoms with Crippen LogP contribution < -0.4 is 15.8 Å². The smallest absolute Gasteiger partial charge is 0.338 e. The second-order valence-electron chi connectivity index (χ2n) is 8.36. The molecule has 2 N–H and O–H groups in total. The van der Waals surface area contributed by atoms with Crippen LogP contribution in [0.1, 0.15) is 33.6 Å². The van der Waals surface area contributed by atoms with Gasteiger partial charge in [-0.25, -0.2) is 4.79 Å². The van der Waals surface area contributed by atoms with E-state index >= 15 is 0 Å². The van der Waals surface area contributed by atoms with Crippen molar-refractivity contribution in [3.8, 4) is 0 Å². The van der Waals surface area contributed by atoms with Gasteiger partial charge < -0.3 is 4.74 Å². The number of ether oxygens (including phenoxy) is 1. The van der Waals surface area contributed by atoms with Crippen LogP contribution in [0.2, 0.25) is 0 Å². The molecule has 2 aliphatic rings. The van der Waals surface area contributed by atoms with Crippen molar-refractivity contribution in [3.63, 3.8) is 0 Å². The van der Waals surface area contributed by atoms with Crippen LogP contribution in [0.5, 0.6) is 0 Å². The van der Waals surface area contributed by atoms with E-state index in [-0.39, 0.29) is 28.1 Å². The van der Waals surface area contributed by atoms with Crippen LogP contribution in [0.25, 0.3) is 0 Å². The zero-order valence-corrected chi connectivity index (χ0v) is 21.7. The molecule has 36 heavy (non-hydrogen) atoms. The van der Waals surface area contributed by atoms with Gasteiger partial charge in [-0.2, -0.15) is 0 Å². The number of benzene rings is 2. The van der Waals surface area contributed by atoms with E-state index in [9.17, 15) is 24.0 Å². The van der Waals surface area contributed by atoms with Gasteiger partial charge in [0, 0.05) is 10.0 Å². The average molecular weight is 597 g/mol. The molecule has 4 amide bonds. The molecule has 1 saturated carbocycles. The summed E-state index contributed by atoms with van der Waals surface area (Å²) in [6.45, 7) is -0.632. The SMILES string of the molecule is O=C(COC(=O)c1ccc(N2C(=O)[C@H]3C[C@H](Cl)[C@@H](Cl)C[C@H]3C2=O)cc1)NNC(=O)c1ccc(Br)cc1. The maximum atomic E-state index is 12.8. The van der Waals surface area contributed by atoms with Crippen LogP contribution in [-0.4, -0.2) is 47.0 Å². The molecule has 1 saturated heterocycles. The second kappa shape index (κ2) is 11.0. The van der Waals surface area contributed by atoms with E-state index in [1.165, 1.54) is 24.3 Å². The van der Waals surface area contributed by atoms with Crippen molar-refractivity contribution in [1.82, 2.24) is 10.9 Å². The van der Waals surface area contributed by atoms with E-state index < -0.39 is 36.2 Å². The maximum Gasteiger partial charge on any atom is 0.338 e. The topological polar surface area (TPSA) is 122 Å². The van der Waals surface area contributed by atoms with Gasteiger partial charge in [-0.15, -0.1) is 23.2 Å². The fourth-order valence-corrected chi connectivity index (χ4v) is 5.00. The van der Waals surface area contributed by atoms with Crippen LogP contribution in [-0.2, 0) is 19.1 Å². The standard InChI is InChI=1S/C24H20BrCl2N3O6/c25-14-5-1-12(2-6-14)21(32)29-28-20(31)11-36-24(35)13-3-7-15(8-4-13)30-22(33)16-9-18(26)19(27)10-17(16)23(30)34/h1-8,16-19H,9-11H2,(H,28,31)(H,29,32)/t16-,17+,18-,19-/m0/s1. The van der Waals surface area contributed by atoms with Crippen molar-refractivity contribution >= 4 is 74.4 Å². The number of hydrazine groups is 1. The van der Waals surface area contributed by atoms with Gasteiger partial charge in [0.15, 0.2) is 6.61 Å². The molecule has 12 heteroatoms. The van der Waals surface area contributed by atoms with Gasteiger partial charge in [0.05, 0.1) is 33.8 Å². The summed E-state index contributed by atoms with van der Waals surface area (Å²) < 4.78 is 5.77. The molecule has 1 heterocycles. The minimum absolute atomic E-state index is 0.114. The highest BCUT2D eigenvalue weighted by Gasteiger charge is 2.52. The fourth-order valence-electron chi connectivity index (χ4n) is 4.15. The van der Waals surface area contributed by atoms with Crippen molar-refractivity contribution in [2.45, 2.75) is 23.6 Å². The van der Waals surface area contributed by atoms with E-state index in [1.807, 2.05) is 0 Å². The molecule has 0 bridgehead atoms. The van der Waals surface area contributed by atoms with Crippen LogP contribution in [0, 0.1) is 11.8 Å². The summed E-state index contributed by atoms with van der Waals surface area (Å²) in [5, 5.41) is -0.763. The zero-order valence-electron chi connectivity index (χ0n) is 18.6. The monoisotopic (exact) mass is 595 g/mol. The van der Waals surface area contributed by atoms with Crippen molar-refractivity contribution in [2.24, 2.45) is 11.8 Å². The molecule has 188 valence electrons. The number of carbonyl (C=O) groups excluding carboxylic acids is 5. The van der Waals surface area contributed by atoms with Gasteiger partial charge in [-0.05, 0) is 61.4 Å². The molecule has 0 spiro atoms. The summed E-state index contributed by atoms with van der Waals surface area (Å²) in [4.78, 5) is 63.0. The number of hydrogen-bond acceptors (Lipinski definition) is 6. The molecule has 1 aliphatic heterocycles. The van der Waals surface area contributed by atoms with Crippen LogP contribution in [0.4, 0.5) is 5.69 Å².